The Kier molecular flexibility index (Phi) is 9.91. The number of ether oxygens (including phenoxy) is 2. The molecule has 1 atom stereocenters. The molecule has 0 saturated carbocycles. The van der Waals surface area contributed by atoms with E-state index in [1.165, 1.54) is 22.3 Å². The maximum absolute atomic E-state index is 6.14. The monoisotopic (exact) mass is 523 g/mol. The van der Waals surface area contributed by atoms with Crippen LogP contribution in [0.5, 0.6) is 5.75 Å². The molecule has 1 saturated heterocycles. The zero-order chi connectivity index (χ0) is 20.6. The van der Waals surface area contributed by atoms with Crippen LogP contribution in [0.2, 0.25) is 0 Å². The average Bonchev–Trinajstić information content (AvgIpc) is 3.22. The second-order valence-electron chi connectivity index (χ2n) is 7.86. The standard InChI is InChI=1S/C24H33N3O2.HI/c1-17-5-7-21(19(3)11-17)13-26-24(25-4)27-14-22-8-6-18(2)12-23(22)29-16-20-9-10-28-15-20;/h5-8,11-12,20H,9-10,13-16H2,1-4H3,(H2,25,26,27);1H. The van der Waals surface area contributed by atoms with E-state index in [2.05, 4.69) is 72.8 Å². The van der Waals surface area contributed by atoms with Gasteiger partial charge in [-0.1, -0.05) is 35.9 Å². The Morgan fingerprint density at radius 3 is 2.33 bits per heavy atom. The number of halogens is 1. The molecule has 1 fully saturated rings. The zero-order valence-corrected chi connectivity index (χ0v) is 20.8. The molecule has 1 heterocycles. The number of nitrogens with zero attached hydrogens (tertiary/aromatic N) is 1. The molecule has 6 heteroatoms. The van der Waals surface area contributed by atoms with Crippen LogP contribution in [0.25, 0.3) is 0 Å². The van der Waals surface area contributed by atoms with Gasteiger partial charge in [0.15, 0.2) is 5.96 Å². The average molecular weight is 523 g/mol. The highest BCUT2D eigenvalue weighted by molar-refractivity contribution is 14.0. The van der Waals surface area contributed by atoms with Gasteiger partial charge < -0.3 is 20.1 Å². The molecule has 2 aromatic carbocycles. The molecule has 1 aliphatic heterocycles. The number of nitrogens with one attached hydrogen (secondary N) is 2. The molecule has 2 aromatic rings. The van der Waals surface area contributed by atoms with Crippen LogP contribution in [0.3, 0.4) is 0 Å². The quantitative estimate of drug-likeness (QED) is 0.319. The molecule has 0 radical (unpaired) electrons. The summed E-state index contributed by atoms with van der Waals surface area (Å²) in [5.41, 5.74) is 6.17. The fourth-order valence-electron chi connectivity index (χ4n) is 3.49. The number of hydrogen-bond acceptors (Lipinski definition) is 3. The van der Waals surface area contributed by atoms with Crippen LogP contribution in [0.15, 0.2) is 41.4 Å². The third-order valence-electron chi connectivity index (χ3n) is 5.34. The molecule has 0 amide bonds. The van der Waals surface area contributed by atoms with Gasteiger partial charge in [-0.2, -0.15) is 0 Å². The Bertz CT molecular complexity index is 848. The van der Waals surface area contributed by atoms with Crippen molar-refractivity contribution in [1.82, 2.24) is 10.6 Å². The molecule has 164 valence electrons. The van der Waals surface area contributed by atoms with Crippen molar-refractivity contribution in [3.05, 3.63) is 64.2 Å². The molecular formula is C24H34IN3O2. The van der Waals surface area contributed by atoms with E-state index in [1.54, 1.807) is 7.05 Å². The Morgan fingerprint density at radius 2 is 1.70 bits per heavy atom. The fraction of sp³-hybridized carbons (Fsp3) is 0.458. The van der Waals surface area contributed by atoms with Crippen LogP contribution in [-0.2, 0) is 17.8 Å². The lowest BCUT2D eigenvalue weighted by molar-refractivity contribution is 0.166. The highest BCUT2D eigenvalue weighted by atomic mass is 127. The Morgan fingerprint density at radius 1 is 1.03 bits per heavy atom. The minimum absolute atomic E-state index is 0. The Balaban J connectivity index is 0.00000320. The van der Waals surface area contributed by atoms with Crippen LogP contribution in [0.4, 0.5) is 0 Å². The van der Waals surface area contributed by atoms with Crippen molar-refractivity contribution >= 4 is 29.9 Å². The van der Waals surface area contributed by atoms with Gasteiger partial charge in [-0.05, 0) is 49.9 Å². The fourth-order valence-corrected chi connectivity index (χ4v) is 3.49. The number of hydrogen-bond donors (Lipinski definition) is 2. The maximum atomic E-state index is 6.14. The lowest BCUT2D eigenvalue weighted by Gasteiger charge is -2.17. The summed E-state index contributed by atoms with van der Waals surface area (Å²) in [5, 5.41) is 6.81. The van der Waals surface area contributed by atoms with Gasteiger partial charge >= 0.3 is 0 Å². The summed E-state index contributed by atoms with van der Waals surface area (Å²) in [6.45, 7) is 10.1. The van der Waals surface area contributed by atoms with Crippen LogP contribution < -0.4 is 15.4 Å². The van der Waals surface area contributed by atoms with Crippen molar-refractivity contribution in [1.29, 1.82) is 0 Å². The van der Waals surface area contributed by atoms with Gasteiger partial charge in [0, 0.05) is 38.2 Å². The summed E-state index contributed by atoms with van der Waals surface area (Å²) in [6, 6.07) is 12.9. The lowest BCUT2D eigenvalue weighted by atomic mass is 10.1. The molecule has 0 spiro atoms. The number of benzene rings is 2. The van der Waals surface area contributed by atoms with Crippen molar-refractivity contribution in [3.63, 3.8) is 0 Å². The highest BCUT2D eigenvalue weighted by Gasteiger charge is 2.17. The Labute approximate surface area is 197 Å². The summed E-state index contributed by atoms with van der Waals surface area (Å²) in [4.78, 5) is 4.36. The number of aryl methyl sites for hydroxylation is 3. The van der Waals surface area contributed by atoms with Crippen molar-refractivity contribution in [3.8, 4) is 5.75 Å². The summed E-state index contributed by atoms with van der Waals surface area (Å²) < 4.78 is 11.6. The van der Waals surface area contributed by atoms with E-state index in [0.29, 0.717) is 19.1 Å². The van der Waals surface area contributed by atoms with Crippen LogP contribution in [-0.4, -0.2) is 32.8 Å². The van der Waals surface area contributed by atoms with Gasteiger partial charge in [-0.25, -0.2) is 0 Å². The largest absolute Gasteiger partial charge is 0.493 e. The van der Waals surface area contributed by atoms with E-state index in [-0.39, 0.29) is 24.0 Å². The molecule has 0 aromatic heterocycles. The number of guanidine groups is 1. The third-order valence-corrected chi connectivity index (χ3v) is 5.34. The molecule has 2 N–H and O–H groups in total. The molecular weight excluding hydrogens is 489 g/mol. The second kappa shape index (κ2) is 12.2. The van der Waals surface area contributed by atoms with Gasteiger partial charge in [-0.3, -0.25) is 4.99 Å². The first kappa shape index (κ1) is 24.5. The second-order valence-corrected chi connectivity index (χ2v) is 7.86. The SMILES string of the molecule is CN=C(NCc1ccc(C)cc1C)NCc1ccc(C)cc1OCC1CCOC1.I. The minimum Gasteiger partial charge on any atom is -0.493 e. The molecule has 1 aliphatic rings. The van der Waals surface area contributed by atoms with E-state index >= 15 is 0 Å². The first-order valence-corrected chi connectivity index (χ1v) is 10.4. The van der Waals surface area contributed by atoms with Gasteiger partial charge in [0.1, 0.15) is 5.75 Å². The molecule has 5 nitrogen and oxygen atoms in total. The third kappa shape index (κ3) is 7.16. The van der Waals surface area contributed by atoms with Gasteiger partial charge in [-0.15, -0.1) is 24.0 Å². The van der Waals surface area contributed by atoms with Crippen molar-refractivity contribution in [2.45, 2.75) is 40.3 Å². The van der Waals surface area contributed by atoms with Crippen LogP contribution >= 0.6 is 24.0 Å². The summed E-state index contributed by atoms with van der Waals surface area (Å²) >= 11 is 0. The predicted octanol–water partition coefficient (Wildman–Crippen LogP) is 4.51. The summed E-state index contributed by atoms with van der Waals surface area (Å²) in [6.07, 6.45) is 1.08. The highest BCUT2D eigenvalue weighted by Crippen LogP contribution is 2.22. The van der Waals surface area contributed by atoms with Crippen LogP contribution in [0, 0.1) is 26.7 Å². The zero-order valence-electron chi connectivity index (χ0n) is 18.5. The van der Waals surface area contributed by atoms with E-state index in [0.717, 1.165) is 43.5 Å². The lowest BCUT2D eigenvalue weighted by Crippen LogP contribution is -2.36. The van der Waals surface area contributed by atoms with Crippen molar-refractivity contribution in [2.75, 3.05) is 26.9 Å². The molecule has 30 heavy (non-hydrogen) atoms. The van der Waals surface area contributed by atoms with E-state index in [9.17, 15) is 0 Å². The summed E-state index contributed by atoms with van der Waals surface area (Å²) in [5.74, 6) is 2.21. The van der Waals surface area contributed by atoms with Gasteiger partial charge in [0.25, 0.3) is 0 Å². The van der Waals surface area contributed by atoms with Gasteiger partial charge in [0.05, 0.1) is 13.2 Å². The van der Waals surface area contributed by atoms with Gasteiger partial charge in [0.2, 0.25) is 0 Å². The van der Waals surface area contributed by atoms with Crippen LogP contribution in [0.1, 0.15) is 34.2 Å². The maximum Gasteiger partial charge on any atom is 0.191 e. The van der Waals surface area contributed by atoms with E-state index < -0.39 is 0 Å². The van der Waals surface area contributed by atoms with Crippen molar-refractivity contribution in [2.24, 2.45) is 10.9 Å². The molecule has 3 rings (SSSR count). The van der Waals surface area contributed by atoms with E-state index in [4.69, 9.17) is 9.47 Å². The first-order valence-electron chi connectivity index (χ1n) is 10.4. The minimum atomic E-state index is 0. The normalized spacial score (nSPS) is 16.1. The van der Waals surface area contributed by atoms with E-state index in [1.807, 2.05) is 0 Å². The summed E-state index contributed by atoms with van der Waals surface area (Å²) in [7, 11) is 1.80. The predicted molar refractivity (Wildman–Crippen MR) is 134 cm³/mol. The topological polar surface area (TPSA) is 54.9 Å². The number of aliphatic imine (C=N–C) groups is 1. The van der Waals surface area contributed by atoms with Crippen molar-refractivity contribution < 1.29 is 9.47 Å². The molecule has 1 unspecified atom stereocenters. The Hall–Kier alpha value is -1.80. The number of rotatable bonds is 7. The first-order chi connectivity index (χ1) is 14.0. The molecule has 0 bridgehead atoms. The smallest absolute Gasteiger partial charge is 0.191 e. The molecule has 0 aliphatic carbocycles.